The lowest BCUT2D eigenvalue weighted by molar-refractivity contribution is -0.121. The van der Waals surface area contributed by atoms with Gasteiger partial charge in [0.25, 0.3) is 5.91 Å². The zero-order valence-electron chi connectivity index (χ0n) is 17.5. The van der Waals surface area contributed by atoms with E-state index in [4.69, 9.17) is 0 Å². The second-order valence-corrected chi connectivity index (χ2v) is 8.25. The molecule has 6 nitrogen and oxygen atoms in total. The van der Waals surface area contributed by atoms with E-state index < -0.39 is 0 Å². The number of piperidine rings is 1. The predicted octanol–water partition coefficient (Wildman–Crippen LogP) is 2.81. The van der Waals surface area contributed by atoms with Gasteiger partial charge in [0.15, 0.2) is 0 Å². The standard InChI is InChI=1S/C22H36N4O2/c1-3-18-8-9-20(24-18)22(28)26-14-11-17(12-15-26)7-10-21(27)23-16-19-6-5-13-25(19)4-2/h8-9,17,19,24H,3-7,10-16H2,1-2H3,(H,23,27)/t19-/m1/s1. The number of nitrogens with zero attached hydrogens (tertiary/aromatic N) is 2. The Morgan fingerprint density at radius 3 is 2.61 bits per heavy atom. The highest BCUT2D eigenvalue weighted by molar-refractivity contribution is 5.92. The molecule has 2 aliphatic rings. The van der Waals surface area contributed by atoms with Crippen LogP contribution in [0.15, 0.2) is 12.1 Å². The van der Waals surface area contributed by atoms with E-state index in [0.29, 0.717) is 24.1 Å². The first-order chi connectivity index (χ1) is 13.6. The molecule has 0 aliphatic carbocycles. The number of rotatable bonds is 8. The average molecular weight is 389 g/mol. The van der Waals surface area contributed by atoms with E-state index in [2.05, 4.69) is 29.0 Å². The number of aromatic amines is 1. The van der Waals surface area contributed by atoms with Crippen LogP contribution in [0.3, 0.4) is 0 Å². The largest absolute Gasteiger partial charge is 0.355 e. The summed E-state index contributed by atoms with van der Waals surface area (Å²) in [6.07, 6.45) is 6.87. The van der Waals surface area contributed by atoms with Crippen LogP contribution in [-0.2, 0) is 11.2 Å². The van der Waals surface area contributed by atoms with Crippen LogP contribution in [0, 0.1) is 5.92 Å². The highest BCUT2D eigenvalue weighted by Crippen LogP contribution is 2.23. The van der Waals surface area contributed by atoms with Crippen LogP contribution < -0.4 is 5.32 Å². The third kappa shape index (κ3) is 5.37. The van der Waals surface area contributed by atoms with Crippen LogP contribution in [0.25, 0.3) is 0 Å². The Hall–Kier alpha value is -1.82. The lowest BCUT2D eigenvalue weighted by atomic mass is 9.92. The molecule has 2 fully saturated rings. The van der Waals surface area contributed by atoms with Crippen molar-refractivity contribution in [3.05, 3.63) is 23.5 Å². The number of hydrogen-bond donors (Lipinski definition) is 2. The smallest absolute Gasteiger partial charge is 0.270 e. The molecule has 3 rings (SSSR count). The second-order valence-electron chi connectivity index (χ2n) is 8.25. The molecule has 0 spiro atoms. The molecule has 6 heteroatoms. The summed E-state index contributed by atoms with van der Waals surface area (Å²) < 4.78 is 0. The topological polar surface area (TPSA) is 68.4 Å². The molecule has 0 saturated carbocycles. The number of aromatic nitrogens is 1. The lowest BCUT2D eigenvalue weighted by Gasteiger charge is -2.31. The Kier molecular flexibility index (Phi) is 7.54. The van der Waals surface area contributed by atoms with Crippen molar-refractivity contribution in [1.29, 1.82) is 0 Å². The molecule has 2 saturated heterocycles. The summed E-state index contributed by atoms with van der Waals surface area (Å²) in [6.45, 7) is 8.87. The summed E-state index contributed by atoms with van der Waals surface area (Å²) in [6, 6.07) is 4.40. The highest BCUT2D eigenvalue weighted by Gasteiger charge is 2.26. The van der Waals surface area contributed by atoms with E-state index in [1.54, 1.807) is 0 Å². The van der Waals surface area contributed by atoms with Gasteiger partial charge >= 0.3 is 0 Å². The maximum Gasteiger partial charge on any atom is 0.270 e. The minimum atomic E-state index is 0.105. The number of carbonyl (C=O) groups excluding carboxylic acids is 2. The van der Waals surface area contributed by atoms with Crippen LogP contribution in [0.5, 0.6) is 0 Å². The molecule has 2 aliphatic heterocycles. The van der Waals surface area contributed by atoms with Crippen molar-refractivity contribution in [3.63, 3.8) is 0 Å². The van der Waals surface area contributed by atoms with Crippen LogP contribution in [-0.4, -0.2) is 65.4 Å². The molecule has 3 heterocycles. The van der Waals surface area contributed by atoms with Gasteiger partial charge in [-0.15, -0.1) is 0 Å². The van der Waals surface area contributed by atoms with Crippen molar-refractivity contribution in [2.45, 2.75) is 64.8 Å². The van der Waals surface area contributed by atoms with Crippen molar-refractivity contribution in [2.75, 3.05) is 32.7 Å². The lowest BCUT2D eigenvalue weighted by Crippen LogP contribution is -2.40. The van der Waals surface area contributed by atoms with Crippen molar-refractivity contribution in [3.8, 4) is 0 Å². The summed E-state index contributed by atoms with van der Waals surface area (Å²) in [5.74, 6) is 0.830. The Balaban J connectivity index is 1.34. The van der Waals surface area contributed by atoms with Crippen LogP contribution >= 0.6 is 0 Å². The predicted molar refractivity (Wildman–Crippen MR) is 111 cm³/mol. The quantitative estimate of drug-likeness (QED) is 0.720. The molecule has 28 heavy (non-hydrogen) atoms. The third-order valence-corrected chi connectivity index (χ3v) is 6.48. The van der Waals surface area contributed by atoms with Gasteiger partial charge < -0.3 is 15.2 Å². The molecule has 2 amide bonds. The number of amides is 2. The SMILES string of the molecule is CCc1ccc(C(=O)N2CCC(CCC(=O)NC[C@H]3CCCN3CC)CC2)[nH]1. The van der Waals surface area contributed by atoms with Crippen molar-refractivity contribution < 1.29 is 9.59 Å². The van der Waals surface area contributed by atoms with Crippen LogP contribution in [0.4, 0.5) is 0 Å². The summed E-state index contributed by atoms with van der Waals surface area (Å²) in [4.78, 5) is 32.4. The van der Waals surface area contributed by atoms with E-state index in [0.717, 1.165) is 64.1 Å². The number of likely N-dealkylation sites (tertiary alicyclic amines) is 2. The summed E-state index contributed by atoms with van der Waals surface area (Å²) >= 11 is 0. The van der Waals surface area contributed by atoms with E-state index in [1.165, 1.54) is 12.8 Å². The normalized spacial score (nSPS) is 21.2. The summed E-state index contributed by atoms with van der Waals surface area (Å²) in [7, 11) is 0. The highest BCUT2D eigenvalue weighted by atomic mass is 16.2. The molecule has 0 unspecified atom stereocenters. The van der Waals surface area contributed by atoms with Gasteiger partial charge in [-0.2, -0.15) is 0 Å². The van der Waals surface area contributed by atoms with Crippen molar-refractivity contribution >= 4 is 11.8 Å². The van der Waals surface area contributed by atoms with Gasteiger partial charge in [0.2, 0.25) is 5.91 Å². The number of nitrogens with one attached hydrogen (secondary N) is 2. The molecule has 0 bridgehead atoms. The van der Waals surface area contributed by atoms with E-state index >= 15 is 0 Å². The van der Waals surface area contributed by atoms with Gasteiger partial charge in [-0.05, 0) is 69.7 Å². The van der Waals surface area contributed by atoms with Gasteiger partial charge in [0.1, 0.15) is 5.69 Å². The van der Waals surface area contributed by atoms with Crippen LogP contribution in [0.1, 0.15) is 68.6 Å². The first kappa shape index (κ1) is 20.9. The zero-order valence-corrected chi connectivity index (χ0v) is 17.5. The number of carbonyl (C=O) groups is 2. The number of aryl methyl sites for hydroxylation is 1. The molecule has 1 atom stereocenters. The zero-order chi connectivity index (χ0) is 19.9. The second kappa shape index (κ2) is 10.1. The average Bonchev–Trinajstić information content (AvgIpc) is 3.39. The maximum absolute atomic E-state index is 12.6. The molecular formula is C22H36N4O2. The Morgan fingerprint density at radius 2 is 1.93 bits per heavy atom. The molecule has 156 valence electrons. The fourth-order valence-electron chi connectivity index (χ4n) is 4.56. The van der Waals surface area contributed by atoms with E-state index in [9.17, 15) is 9.59 Å². The van der Waals surface area contributed by atoms with E-state index in [-0.39, 0.29) is 11.8 Å². The minimum absolute atomic E-state index is 0.105. The fourth-order valence-corrected chi connectivity index (χ4v) is 4.56. The molecule has 1 aromatic heterocycles. The molecule has 0 aromatic carbocycles. The Labute approximate surface area is 169 Å². The first-order valence-electron chi connectivity index (χ1n) is 11.1. The molecule has 1 aromatic rings. The Morgan fingerprint density at radius 1 is 1.14 bits per heavy atom. The minimum Gasteiger partial charge on any atom is -0.355 e. The summed E-state index contributed by atoms with van der Waals surface area (Å²) in [5, 5.41) is 3.14. The molecular weight excluding hydrogens is 352 g/mol. The van der Waals surface area contributed by atoms with Gasteiger partial charge in [-0.3, -0.25) is 14.5 Å². The first-order valence-corrected chi connectivity index (χ1v) is 11.1. The van der Waals surface area contributed by atoms with Crippen molar-refractivity contribution in [1.82, 2.24) is 20.1 Å². The monoisotopic (exact) mass is 388 g/mol. The molecule has 2 N–H and O–H groups in total. The third-order valence-electron chi connectivity index (χ3n) is 6.48. The van der Waals surface area contributed by atoms with Crippen molar-refractivity contribution in [2.24, 2.45) is 5.92 Å². The van der Waals surface area contributed by atoms with Gasteiger partial charge in [-0.1, -0.05) is 13.8 Å². The van der Waals surface area contributed by atoms with Gasteiger partial charge in [0, 0.05) is 37.8 Å². The number of hydrogen-bond acceptors (Lipinski definition) is 3. The molecule has 0 radical (unpaired) electrons. The van der Waals surface area contributed by atoms with Gasteiger partial charge in [0.05, 0.1) is 0 Å². The summed E-state index contributed by atoms with van der Waals surface area (Å²) in [5.41, 5.74) is 1.80. The van der Waals surface area contributed by atoms with Gasteiger partial charge in [-0.25, -0.2) is 0 Å². The Bertz CT molecular complexity index is 649. The number of H-pyrrole nitrogens is 1. The van der Waals surface area contributed by atoms with Crippen LogP contribution in [0.2, 0.25) is 0 Å². The fraction of sp³-hybridized carbons (Fsp3) is 0.727. The van der Waals surface area contributed by atoms with E-state index in [1.807, 2.05) is 17.0 Å². The maximum atomic E-state index is 12.6. The number of likely N-dealkylation sites (N-methyl/N-ethyl adjacent to an activating group) is 1.